The zero-order chi connectivity index (χ0) is 31.0. The SMILES string of the molecule is CCOC(=O)C1=C(CN2CCN3C(=O)N(c4ccc(C(=O)O)cc4)C[C@@H]3C2)NC(c2nccs2)=N[C@H]1c1ccc(F)cc1Cl. The number of anilines is 1. The van der Waals surface area contributed by atoms with E-state index < -0.39 is 23.8 Å². The summed E-state index contributed by atoms with van der Waals surface area (Å²) < 4.78 is 19.5. The summed E-state index contributed by atoms with van der Waals surface area (Å²) in [6.07, 6.45) is 1.66. The monoisotopic (exact) mass is 638 g/mol. The number of rotatable bonds is 8. The Balaban J connectivity index is 1.29. The first-order chi connectivity index (χ1) is 21.2. The van der Waals surface area contributed by atoms with Crippen molar-refractivity contribution in [3.8, 4) is 0 Å². The Kier molecular flexibility index (Phi) is 8.34. The molecule has 0 saturated carbocycles. The summed E-state index contributed by atoms with van der Waals surface area (Å²) in [5.41, 5.74) is 2.07. The van der Waals surface area contributed by atoms with E-state index in [1.165, 1.54) is 41.7 Å². The number of hydrogen-bond acceptors (Lipinski definition) is 9. The van der Waals surface area contributed by atoms with Crippen LogP contribution in [0.4, 0.5) is 14.9 Å². The lowest BCUT2D eigenvalue weighted by Crippen LogP contribution is -2.53. The molecule has 2 amide bonds. The summed E-state index contributed by atoms with van der Waals surface area (Å²) in [5.74, 6) is -1.64. The van der Waals surface area contributed by atoms with Crippen LogP contribution in [0.25, 0.3) is 0 Å². The zero-order valence-corrected chi connectivity index (χ0v) is 25.1. The number of nitrogens with one attached hydrogen (secondary N) is 1. The molecule has 2 atom stereocenters. The zero-order valence-electron chi connectivity index (χ0n) is 23.6. The number of carboxylic acid groups (broad SMARTS) is 1. The summed E-state index contributed by atoms with van der Waals surface area (Å²) >= 11 is 7.87. The number of hydrogen-bond donors (Lipinski definition) is 2. The minimum absolute atomic E-state index is 0.125. The van der Waals surface area contributed by atoms with Crippen LogP contribution < -0.4 is 10.2 Å². The van der Waals surface area contributed by atoms with E-state index in [9.17, 15) is 23.9 Å². The predicted octanol–water partition coefficient (Wildman–Crippen LogP) is 4.17. The van der Waals surface area contributed by atoms with Gasteiger partial charge in [0.05, 0.1) is 23.8 Å². The number of fused-ring (bicyclic) bond motifs is 1. The average molecular weight is 639 g/mol. The average Bonchev–Trinajstić information content (AvgIpc) is 3.65. The summed E-state index contributed by atoms with van der Waals surface area (Å²) in [5, 5.41) is 15.1. The Hall–Kier alpha value is -4.33. The van der Waals surface area contributed by atoms with Gasteiger partial charge in [-0.25, -0.2) is 23.8 Å². The van der Waals surface area contributed by atoms with Gasteiger partial charge >= 0.3 is 18.0 Å². The number of halogens is 2. The number of carbonyl (C=O) groups excluding carboxylic acids is 2. The number of piperazine rings is 1. The molecule has 3 aliphatic rings. The summed E-state index contributed by atoms with van der Waals surface area (Å²) in [4.78, 5) is 52.8. The first-order valence-electron chi connectivity index (χ1n) is 14.0. The predicted molar refractivity (Wildman–Crippen MR) is 163 cm³/mol. The van der Waals surface area contributed by atoms with Gasteiger partial charge < -0.3 is 20.1 Å². The molecule has 0 spiro atoms. The smallest absolute Gasteiger partial charge is 0.338 e. The van der Waals surface area contributed by atoms with Gasteiger partial charge in [0, 0.05) is 66.3 Å². The fourth-order valence-corrected chi connectivity index (χ4v) is 6.56. The van der Waals surface area contributed by atoms with Crippen LogP contribution in [0.5, 0.6) is 0 Å². The van der Waals surface area contributed by atoms with Crippen molar-refractivity contribution in [1.82, 2.24) is 20.1 Å². The molecule has 11 nitrogen and oxygen atoms in total. The fourth-order valence-electron chi connectivity index (χ4n) is 5.71. The van der Waals surface area contributed by atoms with Crippen molar-refractivity contribution in [3.05, 3.63) is 92.3 Å². The van der Waals surface area contributed by atoms with Crippen LogP contribution in [0, 0.1) is 5.82 Å². The molecule has 3 aromatic rings. The number of thiazole rings is 1. The maximum absolute atomic E-state index is 14.0. The Labute approximate surface area is 261 Å². The number of amidine groups is 1. The highest BCUT2D eigenvalue weighted by Gasteiger charge is 2.42. The van der Waals surface area contributed by atoms with E-state index in [0.29, 0.717) is 60.5 Å². The molecule has 2 N–H and O–H groups in total. The number of aromatic carboxylic acids is 1. The van der Waals surface area contributed by atoms with Gasteiger partial charge in [-0.15, -0.1) is 11.3 Å². The lowest BCUT2D eigenvalue weighted by molar-refractivity contribution is -0.139. The molecule has 6 rings (SSSR count). The van der Waals surface area contributed by atoms with E-state index in [1.807, 2.05) is 10.3 Å². The van der Waals surface area contributed by atoms with E-state index in [1.54, 1.807) is 30.2 Å². The van der Waals surface area contributed by atoms with E-state index in [-0.39, 0.29) is 34.8 Å². The Morgan fingerprint density at radius 2 is 1.98 bits per heavy atom. The van der Waals surface area contributed by atoms with Crippen LogP contribution in [-0.4, -0.2) is 89.1 Å². The van der Waals surface area contributed by atoms with E-state index in [4.69, 9.17) is 21.3 Å². The quantitative estimate of drug-likeness (QED) is 0.352. The summed E-state index contributed by atoms with van der Waals surface area (Å²) in [7, 11) is 0. The van der Waals surface area contributed by atoms with Crippen molar-refractivity contribution in [2.24, 2.45) is 4.99 Å². The molecule has 14 heteroatoms. The van der Waals surface area contributed by atoms with Crippen molar-refractivity contribution in [2.45, 2.75) is 19.0 Å². The highest BCUT2D eigenvalue weighted by molar-refractivity contribution is 7.11. The number of nitrogens with zero attached hydrogens (tertiary/aromatic N) is 5. The second-order valence-corrected chi connectivity index (χ2v) is 11.8. The number of aromatic nitrogens is 1. The number of carbonyl (C=O) groups is 3. The molecule has 0 unspecified atom stereocenters. The third-order valence-corrected chi connectivity index (χ3v) is 8.86. The van der Waals surface area contributed by atoms with Gasteiger partial charge in [-0.3, -0.25) is 14.8 Å². The van der Waals surface area contributed by atoms with Crippen LogP contribution in [0.15, 0.2) is 70.3 Å². The van der Waals surface area contributed by atoms with Crippen molar-refractivity contribution >= 4 is 52.4 Å². The molecule has 2 fully saturated rings. The largest absolute Gasteiger partial charge is 0.478 e. The molecular formula is C30H28ClFN6O5S. The molecule has 3 aliphatic heterocycles. The van der Waals surface area contributed by atoms with Gasteiger partial charge in [0.2, 0.25) is 0 Å². The van der Waals surface area contributed by atoms with Crippen LogP contribution in [0.2, 0.25) is 5.02 Å². The van der Waals surface area contributed by atoms with Crippen LogP contribution in [0.3, 0.4) is 0 Å². The van der Waals surface area contributed by atoms with E-state index >= 15 is 0 Å². The van der Waals surface area contributed by atoms with E-state index in [0.717, 1.165) is 0 Å². The lowest BCUT2D eigenvalue weighted by Gasteiger charge is -2.38. The van der Waals surface area contributed by atoms with Crippen molar-refractivity contribution in [1.29, 1.82) is 0 Å². The number of aliphatic imine (C=N–C) groups is 1. The molecule has 0 bridgehead atoms. The van der Waals surface area contributed by atoms with Crippen molar-refractivity contribution < 1.29 is 28.6 Å². The third-order valence-electron chi connectivity index (χ3n) is 7.76. The van der Waals surface area contributed by atoms with Gasteiger partial charge in [-0.1, -0.05) is 17.7 Å². The van der Waals surface area contributed by atoms with Gasteiger partial charge in [-0.2, -0.15) is 0 Å². The van der Waals surface area contributed by atoms with Crippen molar-refractivity contribution in [2.75, 3.05) is 44.2 Å². The fraction of sp³-hybridized carbons (Fsp3) is 0.300. The molecule has 44 heavy (non-hydrogen) atoms. The molecular weight excluding hydrogens is 611 g/mol. The highest BCUT2D eigenvalue weighted by atomic mass is 35.5. The maximum Gasteiger partial charge on any atom is 0.338 e. The molecule has 1 aromatic heterocycles. The minimum atomic E-state index is -1.03. The Morgan fingerprint density at radius 3 is 2.66 bits per heavy atom. The molecule has 0 radical (unpaired) electrons. The van der Waals surface area contributed by atoms with Crippen LogP contribution in [-0.2, 0) is 9.53 Å². The maximum atomic E-state index is 14.0. The van der Waals surface area contributed by atoms with Gasteiger partial charge in [0.15, 0.2) is 10.8 Å². The van der Waals surface area contributed by atoms with Gasteiger partial charge in [-0.05, 0) is 43.3 Å². The third kappa shape index (κ3) is 5.77. The van der Waals surface area contributed by atoms with E-state index in [2.05, 4.69) is 15.2 Å². The molecule has 228 valence electrons. The molecule has 0 aliphatic carbocycles. The number of ether oxygens (including phenoxy) is 1. The normalized spacial score (nSPS) is 20.3. The van der Waals surface area contributed by atoms with Crippen molar-refractivity contribution in [3.63, 3.8) is 0 Å². The number of carboxylic acids is 1. The first kappa shape index (κ1) is 29.7. The molecule has 2 saturated heterocycles. The number of amides is 2. The summed E-state index contributed by atoms with van der Waals surface area (Å²) in [6, 6.07) is 9.11. The van der Waals surface area contributed by atoms with Gasteiger partial charge in [0.25, 0.3) is 0 Å². The second kappa shape index (κ2) is 12.3. The topological polar surface area (TPSA) is 128 Å². The highest BCUT2D eigenvalue weighted by Crippen LogP contribution is 2.37. The first-order valence-corrected chi connectivity index (χ1v) is 15.2. The number of esters is 1. The van der Waals surface area contributed by atoms with Gasteiger partial charge in [0.1, 0.15) is 11.9 Å². The second-order valence-electron chi connectivity index (χ2n) is 10.4. The molecule has 2 aromatic carbocycles. The standard InChI is InChI=1S/C30H28ClFN6O5S/c1-2-43-29(41)24-23(34-26(27-33-9-12-44-27)35-25(24)21-8-5-18(32)13-22(21)31)16-36-10-11-37-20(14-36)15-38(30(37)42)19-6-3-17(4-7-19)28(39)40/h3-9,12-13,20,25H,2,10-11,14-16H2,1H3,(H,34,35)(H,39,40)/t20-,25-/m0/s1. The van der Waals surface area contributed by atoms with Crippen LogP contribution >= 0.6 is 22.9 Å². The van der Waals surface area contributed by atoms with Crippen LogP contribution in [0.1, 0.15) is 33.9 Å². The Bertz CT molecular complexity index is 1660. The molecule has 4 heterocycles. The number of benzene rings is 2. The minimum Gasteiger partial charge on any atom is -0.478 e. The number of urea groups is 1. The summed E-state index contributed by atoms with van der Waals surface area (Å²) in [6.45, 7) is 4.15. The lowest BCUT2D eigenvalue weighted by atomic mass is 9.95. The Morgan fingerprint density at radius 1 is 1.18 bits per heavy atom.